The van der Waals surface area contributed by atoms with E-state index in [9.17, 15) is 19.6 Å². The number of hydrogen-bond acceptors (Lipinski definition) is 10. The zero-order valence-electron chi connectivity index (χ0n) is 22.4. The van der Waals surface area contributed by atoms with Crippen molar-refractivity contribution in [3.05, 3.63) is 17.6 Å². The van der Waals surface area contributed by atoms with Gasteiger partial charge >= 0.3 is 18.0 Å². The van der Waals surface area contributed by atoms with Crippen molar-refractivity contribution in [2.75, 3.05) is 24.7 Å². The monoisotopic (exact) mass is 491 g/mol. The van der Waals surface area contributed by atoms with E-state index < -0.39 is 41.2 Å². The number of anilines is 1. The summed E-state index contributed by atoms with van der Waals surface area (Å²) in [6.07, 6.45) is 0.300. The van der Waals surface area contributed by atoms with Crippen LogP contribution in [-0.4, -0.2) is 63.9 Å². The third kappa shape index (κ3) is 10.2. The van der Waals surface area contributed by atoms with Crippen LogP contribution in [0.5, 0.6) is 0 Å². The molecule has 1 aromatic heterocycles. The Kier molecular flexibility index (Phi) is 9.59. The number of nitrogens with zero attached hydrogens (tertiary/aromatic N) is 5. The summed E-state index contributed by atoms with van der Waals surface area (Å²) in [6.45, 7) is 17.2. The number of amides is 1. The lowest BCUT2D eigenvalue weighted by atomic mass is 9.96. The third-order valence-electron chi connectivity index (χ3n) is 3.83. The van der Waals surface area contributed by atoms with E-state index in [2.05, 4.69) is 9.97 Å². The van der Waals surface area contributed by atoms with Gasteiger partial charge in [-0.05, 0) is 53.9 Å². The fourth-order valence-electron chi connectivity index (χ4n) is 2.76. The van der Waals surface area contributed by atoms with E-state index in [0.29, 0.717) is 0 Å². The fraction of sp³-hybridized carbons (Fsp3) is 0.667. The largest absolute Gasteiger partial charge is 0.462 e. The van der Waals surface area contributed by atoms with E-state index in [1.807, 2.05) is 26.8 Å². The molecule has 0 aromatic carbocycles. The van der Waals surface area contributed by atoms with Crippen molar-refractivity contribution < 1.29 is 28.6 Å². The minimum Gasteiger partial charge on any atom is -0.462 e. The van der Waals surface area contributed by atoms with E-state index in [0.717, 1.165) is 11.2 Å². The number of nitriles is 1. The number of aromatic nitrogens is 2. The highest BCUT2D eigenvalue weighted by Crippen LogP contribution is 2.27. The SMILES string of the molecule is CCOC(=O)c1cnc(C#N)nc1N(CC(C)(C)C)N(CC(=O)OC(C)(C)C)C(=O)OC(C)(C)C. The van der Waals surface area contributed by atoms with Gasteiger partial charge in [0.25, 0.3) is 0 Å². The minimum absolute atomic E-state index is 0.0701. The normalized spacial score (nSPS) is 11.8. The van der Waals surface area contributed by atoms with E-state index >= 15 is 0 Å². The van der Waals surface area contributed by atoms with Gasteiger partial charge in [-0.15, -0.1) is 0 Å². The molecule has 1 aromatic rings. The molecule has 0 radical (unpaired) electrons. The minimum atomic E-state index is -0.885. The first-order chi connectivity index (χ1) is 15.9. The molecule has 1 heterocycles. The maximum atomic E-state index is 13.4. The van der Waals surface area contributed by atoms with Crippen LogP contribution in [-0.2, 0) is 19.0 Å². The molecule has 0 unspecified atom stereocenters. The van der Waals surface area contributed by atoms with E-state index in [1.165, 1.54) is 5.01 Å². The molecule has 0 aliphatic heterocycles. The first-order valence-corrected chi connectivity index (χ1v) is 11.3. The molecule has 0 N–H and O–H groups in total. The average Bonchev–Trinajstić information content (AvgIpc) is 2.66. The second kappa shape index (κ2) is 11.3. The highest BCUT2D eigenvalue weighted by Gasteiger charge is 2.36. The smallest absolute Gasteiger partial charge is 0.429 e. The van der Waals surface area contributed by atoms with Crippen molar-refractivity contribution in [1.29, 1.82) is 5.26 Å². The topological polar surface area (TPSA) is 135 Å². The number of ether oxygens (including phenoxy) is 3. The number of esters is 2. The lowest BCUT2D eigenvalue weighted by Crippen LogP contribution is -2.54. The van der Waals surface area contributed by atoms with Crippen LogP contribution in [0.15, 0.2) is 6.20 Å². The van der Waals surface area contributed by atoms with Crippen molar-refractivity contribution in [1.82, 2.24) is 15.0 Å². The summed E-state index contributed by atoms with van der Waals surface area (Å²) in [5, 5.41) is 11.8. The molecular weight excluding hydrogens is 454 g/mol. The Morgan fingerprint density at radius 1 is 1.00 bits per heavy atom. The van der Waals surface area contributed by atoms with Crippen LogP contribution < -0.4 is 5.01 Å². The Balaban J connectivity index is 3.77. The molecule has 0 spiro atoms. The molecule has 0 fully saturated rings. The molecule has 194 valence electrons. The highest BCUT2D eigenvalue weighted by atomic mass is 16.6. The van der Waals surface area contributed by atoms with Gasteiger partial charge in [0.05, 0.1) is 6.61 Å². The van der Waals surface area contributed by atoms with Gasteiger partial charge in [-0.3, -0.25) is 9.80 Å². The zero-order valence-corrected chi connectivity index (χ0v) is 22.4. The second-order valence-corrected chi connectivity index (χ2v) is 11.0. The number of carbonyl (C=O) groups excluding carboxylic acids is 3. The molecular formula is C24H37N5O6. The molecule has 1 rings (SSSR count). The number of rotatable bonds is 7. The summed E-state index contributed by atoms with van der Waals surface area (Å²) >= 11 is 0. The van der Waals surface area contributed by atoms with Crippen LogP contribution in [0.25, 0.3) is 0 Å². The lowest BCUT2D eigenvalue weighted by molar-refractivity contribution is -0.156. The summed E-state index contributed by atoms with van der Waals surface area (Å²) in [4.78, 5) is 47.0. The fourth-order valence-corrected chi connectivity index (χ4v) is 2.76. The van der Waals surface area contributed by atoms with Gasteiger partial charge in [0.2, 0.25) is 5.82 Å². The van der Waals surface area contributed by atoms with E-state index in [1.54, 1.807) is 48.5 Å². The second-order valence-electron chi connectivity index (χ2n) is 11.0. The Morgan fingerprint density at radius 2 is 1.57 bits per heavy atom. The summed E-state index contributed by atoms with van der Waals surface area (Å²) < 4.78 is 16.1. The molecule has 0 bridgehead atoms. The van der Waals surface area contributed by atoms with Crippen LogP contribution in [0.1, 0.15) is 85.4 Å². The van der Waals surface area contributed by atoms with Gasteiger partial charge in [0, 0.05) is 12.7 Å². The highest BCUT2D eigenvalue weighted by molar-refractivity contribution is 5.95. The number of carbonyl (C=O) groups is 3. The van der Waals surface area contributed by atoms with Crippen LogP contribution in [0.2, 0.25) is 0 Å². The quantitative estimate of drug-likeness (QED) is 0.314. The molecule has 35 heavy (non-hydrogen) atoms. The predicted octanol–water partition coefficient (Wildman–Crippen LogP) is 3.87. The molecule has 0 aliphatic rings. The van der Waals surface area contributed by atoms with E-state index in [-0.39, 0.29) is 30.4 Å². The molecule has 11 heteroatoms. The average molecular weight is 492 g/mol. The van der Waals surface area contributed by atoms with Gasteiger partial charge in [0.1, 0.15) is 29.4 Å². The van der Waals surface area contributed by atoms with Crippen molar-refractivity contribution >= 4 is 23.8 Å². The Bertz CT molecular complexity index is 967. The van der Waals surface area contributed by atoms with E-state index in [4.69, 9.17) is 14.2 Å². The van der Waals surface area contributed by atoms with Crippen molar-refractivity contribution in [3.63, 3.8) is 0 Å². The van der Waals surface area contributed by atoms with Crippen molar-refractivity contribution in [2.45, 2.75) is 80.4 Å². The van der Waals surface area contributed by atoms with Gasteiger partial charge in [-0.2, -0.15) is 10.2 Å². The molecule has 0 atom stereocenters. The summed E-state index contributed by atoms with van der Waals surface area (Å²) in [5.74, 6) is -1.74. The van der Waals surface area contributed by atoms with Crippen LogP contribution in [0, 0.1) is 16.7 Å². The number of hydrogen-bond donors (Lipinski definition) is 0. The first-order valence-electron chi connectivity index (χ1n) is 11.3. The molecule has 0 saturated carbocycles. The zero-order chi connectivity index (χ0) is 27.2. The lowest BCUT2D eigenvalue weighted by Gasteiger charge is -2.40. The maximum Gasteiger partial charge on any atom is 0.429 e. The molecule has 0 saturated heterocycles. The molecule has 1 amide bonds. The van der Waals surface area contributed by atoms with Crippen LogP contribution in [0.4, 0.5) is 10.6 Å². The van der Waals surface area contributed by atoms with Gasteiger partial charge in [-0.25, -0.2) is 19.6 Å². The molecule has 11 nitrogen and oxygen atoms in total. The van der Waals surface area contributed by atoms with Gasteiger partial charge in [0.15, 0.2) is 5.82 Å². The van der Waals surface area contributed by atoms with Crippen LogP contribution in [0.3, 0.4) is 0 Å². The first kappa shape index (κ1) is 29.6. The Labute approximate surface area is 207 Å². The number of hydrazine groups is 1. The summed E-state index contributed by atoms with van der Waals surface area (Å²) in [5.41, 5.74) is -2.22. The third-order valence-corrected chi connectivity index (χ3v) is 3.83. The Morgan fingerprint density at radius 3 is 2.03 bits per heavy atom. The van der Waals surface area contributed by atoms with Crippen molar-refractivity contribution in [3.8, 4) is 6.07 Å². The van der Waals surface area contributed by atoms with Crippen LogP contribution >= 0.6 is 0 Å². The Hall–Kier alpha value is -3.42. The van der Waals surface area contributed by atoms with Gasteiger partial charge in [-0.1, -0.05) is 20.8 Å². The summed E-state index contributed by atoms with van der Waals surface area (Å²) in [6, 6.07) is 1.83. The standard InChI is InChI=1S/C24H37N5O6/c1-11-33-20(31)16-13-26-17(12-25)27-19(16)29(15-22(2,3)4)28(21(32)35-24(8,9)10)14-18(30)34-23(5,6)7/h13H,11,14-15H2,1-10H3. The summed E-state index contributed by atoms with van der Waals surface area (Å²) in [7, 11) is 0. The predicted molar refractivity (Wildman–Crippen MR) is 128 cm³/mol. The molecule has 0 aliphatic carbocycles. The maximum absolute atomic E-state index is 13.4. The van der Waals surface area contributed by atoms with Crippen molar-refractivity contribution in [2.24, 2.45) is 5.41 Å². The van der Waals surface area contributed by atoms with Gasteiger partial charge < -0.3 is 14.2 Å².